The number of nitrogens with one attached hydrogen (secondary N) is 1. The third kappa shape index (κ3) is 5.85. The largest absolute Gasteiger partial charge is 0.351 e. The molecule has 1 aliphatic carbocycles. The minimum Gasteiger partial charge on any atom is -0.351 e. The van der Waals surface area contributed by atoms with Crippen molar-refractivity contribution in [3.63, 3.8) is 0 Å². The highest BCUT2D eigenvalue weighted by molar-refractivity contribution is 7.99. The number of aryl methyl sites for hydroxylation is 1. The summed E-state index contributed by atoms with van der Waals surface area (Å²) in [5.74, 6) is 1.25. The van der Waals surface area contributed by atoms with Crippen LogP contribution in [-0.2, 0) is 16.8 Å². The lowest BCUT2D eigenvalue weighted by molar-refractivity contribution is -0.118. The molecule has 0 aliphatic heterocycles. The Balaban J connectivity index is 1.47. The van der Waals surface area contributed by atoms with Gasteiger partial charge >= 0.3 is 0 Å². The molecule has 6 heteroatoms. The Morgan fingerprint density at radius 1 is 1.03 bits per heavy atom. The van der Waals surface area contributed by atoms with Gasteiger partial charge in [-0.1, -0.05) is 99.5 Å². The lowest BCUT2D eigenvalue weighted by Gasteiger charge is -2.20. The van der Waals surface area contributed by atoms with E-state index in [1.807, 2.05) is 0 Å². The molecule has 1 amide bonds. The molecular formula is C27H34N4OS. The van der Waals surface area contributed by atoms with Gasteiger partial charge in [0, 0.05) is 18.2 Å². The minimum atomic E-state index is 0.0117. The van der Waals surface area contributed by atoms with Crippen LogP contribution in [0.5, 0.6) is 0 Å². The maximum Gasteiger partial charge on any atom is 0.230 e. The summed E-state index contributed by atoms with van der Waals surface area (Å²) in [4.78, 5) is 12.5. The Bertz CT molecular complexity index is 1070. The number of thioether (sulfide) groups is 1. The number of hydrogen-bond donors (Lipinski definition) is 1. The van der Waals surface area contributed by atoms with E-state index in [0.717, 1.165) is 34.9 Å². The zero-order valence-corrected chi connectivity index (χ0v) is 20.9. The van der Waals surface area contributed by atoms with Crippen LogP contribution in [0.1, 0.15) is 69.2 Å². The molecule has 0 saturated heterocycles. The van der Waals surface area contributed by atoms with Gasteiger partial charge in [0.1, 0.15) is 0 Å². The molecule has 174 valence electrons. The Hall–Kier alpha value is -2.60. The summed E-state index contributed by atoms with van der Waals surface area (Å²) in [7, 11) is 0. The number of hydrogen-bond acceptors (Lipinski definition) is 4. The van der Waals surface area contributed by atoms with Crippen molar-refractivity contribution < 1.29 is 4.79 Å². The van der Waals surface area contributed by atoms with Crippen LogP contribution >= 0.6 is 11.8 Å². The summed E-state index contributed by atoms with van der Waals surface area (Å²) in [5.41, 5.74) is 4.82. The van der Waals surface area contributed by atoms with Gasteiger partial charge < -0.3 is 5.32 Å². The molecule has 1 heterocycles. The third-order valence-corrected chi connectivity index (χ3v) is 7.25. The zero-order chi connectivity index (χ0) is 23.4. The van der Waals surface area contributed by atoms with Crippen molar-refractivity contribution in [2.24, 2.45) is 0 Å². The first kappa shape index (κ1) is 23.6. The van der Waals surface area contributed by atoms with Crippen LogP contribution in [0.3, 0.4) is 0 Å². The standard InChI is InChI=1S/C27H34N4OS/c1-19-9-11-20(12-10-19)17-28-24(32)18-33-26-30-29-25(31(26)23-7-5-6-8-23)21-13-15-22(16-14-21)27(2,3)4/h9-16,23H,5-8,17-18H2,1-4H3,(H,28,32). The predicted octanol–water partition coefficient (Wildman–Crippen LogP) is 6.07. The molecule has 1 fully saturated rings. The molecule has 1 aliphatic rings. The smallest absolute Gasteiger partial charge is 0.230 e. The van der Waals surface area contributed by atoms with Gasteiger partial charge in [-0.15, -0.1) is 10.2 Å². The lowest BCUT2D eigenvalue weighted by Crippen LogP contribution is -2.24. The van der Waals surface area contributed by atoms with Gasteiger partial charge in [-0.05, 0) is 36.3 Å². The lowest BCUT2D eigenvalue weighted by atomic mass is 9.86. The molecule has 33 heavy (non-hydrogen) atoms. The van der Waals surface area contributed by atoms with Gasteiger partial charge in [-0.2, -0.15) is 0 Å². The number of carbonyl (C=O) groups is 1. The van der Waals surface area contributed by atoms with E-state index in [9.17, 15) is 4.79 Å². The van der Waals surface area contributed by atoms with Gasteiger partial charge in [-0.3, -0.25) is 9.36 Å². The first-order valence-electron chi connectivity index (χ1n) is 11.8. The zero-order valence-electron chi connectivity index (χ0n) is 20.1. The number of nitrogens with zero attached hydrogens (tertiary/aromatic N) is 3. The van der Waals surface area contributed by atoms with Gasteiger partial charge in [0.2, 0.25) is 5.91 Å². The number of amides is 1. The summed E-state index contributed by atoms with van der Waals surface area (Å²) in [6.45, 7) is 9.28. The van der Waals surface area contributed by atoms with Crippen LogP contribution in [0.25, 0.3) is 11.4 Å². The number of rotatable bonds is 7. The minimum absolute atomic E-state index is 0.0117. The summed E-state index contributed by atoms with van der Waals surface area (Å²) in [6, 6.07) is 17.3. The summed E-state index contributed by atoms with van der Waals surface area (Å²) >= 11 is 1.48. The average Bonchev–Trinajstić information content (AvgIpc) is 3.46. The van der Waals surface area contributed by atoms with Crippen LogP contribution in [0.4, 0.5) is 0 Å². The first-order valence-corrected chi connectivity index (χ1v) is 12.8. The molecule has 1 saturated carbocycles. The van der Waals surface area contributed by atoms with Crippen LogP contribution in [0.2, 0.25) is 0 Å². The normalized spacial score (nSPS) is 14.5. The van der Waals surface area contributed by atoms with Crippen LogP contribution < -0.4 is 5.32 Å². The Labute approximate surface area is 201 Å². The van der Waals surface area contributed by atoms with E-state index in [4.69, 9.17) is 0 Å². The Kier molecular flexibility index (Phi) is 7.23. The van der Waals surface area contributed by atoms with E-state index in [1.54, 1.807) is 0 Å². The van der Waals surface area contributed by atoms with Crippen LogP contribution in [0, 0.1) is 6.92 Å². The monoisotopic (exact) mass is 462 g/mol. The molecule has 2 aromatic carbocycles. The number of benzene rings is 2. The second-order valence-corrected chi connectivity index (χ2v) is 10.9. The van der Waals surface area contributed by atoms with Gasteiger partial charge in [0.15, 0.2) is 11.0 Å². The highest BCUT2D eigenvalue weighted by atomic mass is 32.2. The summed E-state index contributed by atoms with van der Waals surface area (Å²) in [5, 5.41) is 12.9. The fraction of sp³-hybridized carbons (Fsp3) is 0.444. The quantitative estimate of drug-likeness (QED) is 0.433. The Morgan fingerprint density at radius 3 is 2.33 bits per heavy atom. The van der Waals surface area contributed by atoms with E-state index in [0.29, 0.717) is 18.3 Å². The fourth-order valence-corrected chi connectivity index (χ4v) is 5.11. The molecule has 1 aromatic heterocycles. The number of carbonyl (C=O) groups excluding carboxylic acids is 1. The molecule has 3 aromatic rings. The van der Waals surface area contributed by atoms with Crippen molar-refractivity contribution in [1.29, 1.82) is 0 Å². The van der Waals surface area contributed by atoms with Gasteiger partial charge in [-0.25, -0.2) is 0 Å². The second-order valence-electron chi connectivity index (χ2n) is 9.99. The maximum absolute atomic E-state index is 12.5. The molecule has 1 N–H and O–H groups in total. The first-order chi connectivity index (χ1) is 15.8. The van der Waals surface area contributed by atoms with Crippen LogP contribution in [0.15, 0.2) is 53.7 Å². The topological polar surface area (TPSA) is 59.8 Å². The molecule has 0 radical (unpaired) electrons. The van der Waals surface area contributed by atoms with Crippen molar-refractivity contribution in [2.45, 2.75) is 76.5 Å². The maximum atomic E-state index is 12.5. The van der Waals surface area contributed by atoms with E-state index < -0.39 is 0 Å². The number of aromatic nitrogens is 3. The predicted molar refractivity (Wildman–Crippen MR) is 135 cm³/mol. The molecule has 4 rings (SSSR count). The van der Waals surface area contributed by atoms with E-state index >= 15 is 0 Å². The molecule has 0 atom stereocenters. The second kappa shape index (κ2) is 10.1. The molecule has 0 spiro atoms. The SMILES string of the molecule is Cc1ccc(CNC(=O)CSc2nnc(-c3ccc(C(C)(C)C)cc3)n2C2CCCC2)cc1. The fourth-order valence-electron chi connectivity index (χ4n) is 4.27. The average molecular weight is 463 g/mol. The molecular weight excluding hydrogens is 428 g/mol. The van der Waals surface area contributed by atoms with E-state index in [2.05, 4.69) is 96.3 Å². The highest BCUT2D eigenvalue weighted by Crippen LogP contribution is 2.37. The van der Waals surface area contributed by atoms with Crippen molar-refractivity contribution in [3.05, 3.63) is 65.2 Å². The van der Waals surface area contributed by atoms with Gasteiger partial charge in [0.25, 0.3) is 0 Å². The van der Waals surface area contributed by atoms with Crippen LogP contribution in [-0.4, -0.2) is 26.4 Å². The molecule has 5 nitrogen and oxygen atoms in total. The van der Waals surface area contributed by atoms with E-state index in [-0.39, 0.29) is 11.3 Å². The highest BCUT2D eigenvalue weighted by Gasteiger charge is 2.25. The summed E-state index contributed by atoms with van der Waals surface area (Å²) in [6.07, 6.45) is 4.73. The Morgan fingerprint density at radius 2 is 1.70 bits per heavy atom. The van der Waals surface area contributed by atoms with Crippen molar-refractivity contribution >= 4 is 17.7 Å². The molecule has 0 bridgehead atoms. The van der Waals surface area contributed by atoms with Gasteiger partial charge in [0.05, 0.1) is 5.75 Å². The van der Waals surface area contributed by atoms with Crippen molar-refractivity contribution in [3.8, 4) is 11.4 Å². The molecule has 0 unspecified atom stereocenters. The van der Waals surface area contributed by atoms with Crippen molar-refractivity contribution in [2.75, 3.05) is 5.75 Å². The third-order valence-electron chi connectivity index (χ3n) is 6.31. The summed E-state index contributed by atoms with van der Waals surface area (Å²) < 4.78 is 2.27. The van der Waals surface area contributed by atoms with E-state index in [1.165, 1.54) is 35.7 Å². The van der Waals surface area contributed by atoms with Crippen molar-refractivity contribution in [1.82, 2.24) is 20.1 Å².